The molecule has 1 aromatic carbocycles. The van der Waals surface area contributed by atoms with Crippen molar-refractivity contribution >= 4 is 12.4 Å². The predicted molar refractivity (Wildman–Crippen MR) is 86.1 cm³/mol. The summed E-state index contributed by atoms with van der Waals surface area (Å²) in [6.07, 6.45) is 3.12. The molecule has 0 radical (unpaired) electrons. The third kappa shape index (κ3) is 1.36. The van der Waals surface area contributed by atoms with Crippen LogP contribution in [0.5, 0.6) is 0 Å². The normalized spacial score (nSPS) is 51.5. The van der Waals surface area contributed by atoms with Gasteiger partial charge >= 0.3 is 0 Å². The summed E-state index contributed by atoms with van der Waals surface area (Å²) in [5.41, 5.74) is 1.14. The fourth-order valence-corrected chi connectivity index (χ4v) is 8.04. The Bertz CT molecular complexity index is 628. The standard InChI is InChI=1S/C19H22FN.ClH/c1-21(8-9-3-2-4-10(20)5-9)19-16-12-7-13-15-11(12)6-14(16)17(15)18(13)19;/h2-5,11-19H,6-8H2,1H3;1H/t11-,12-,13+,14+,15+,16-,17-,18-,19-;/m0./s1. The molecule has 2 bridgehead atoms. The molecule has 0 spiro atoms. The Balaban J connectivity index is 0.00000113. The van der Waals surface area contributed by atoms with Crippen LogP contribution < -0.4 is 0 Å². The lowest BCUT2D eigenvalue weighted by Gasteiger charge is -2.50. The molecule has 0 heterocycles. The van der Waals surface area contributed by atoms with Crippen molar-refractivity contribution in [3.63, 3.8) is 0 Å². The van der Waals surface area contributed by atoms with Gasteiger partial charge in [0.15, 0.2) is 0 Å². The fraction of sp³-hybridized carbons (Fsp3) is 0.684. The van der Waals surface area contributed by atoms with Crippen LogP contribution in [0.4, 0.5) is 4.39 Å². The maximum Gasteiger partial charge on any atom is 0.123 e. The molecular formula is C19H23ClFN. The molecule has 0 aromatic heterocycles. The van der Waals surface area contributed by atoms with E-state index in [1.165, 1.54) is 0 Å². The zero-order valence-electron chi connectivity index (χ0n) is 12.9. The molecule has 5 aliphatic carbocycles. The number of hydrogen-bond donors (Lipinski definition) is 0. The summed E-state index contributed by atoms with van der Waals surface area (Å²) >= 11 is 0. The van der Waals surface area contributed by atoms with Crippen LogP contribution in [0.25, 0.3) is 0 Å². The van der Waals surface area contributed by atoms with Gasteiger partial charge in [0.05, 0.1) is 0 Å². The number of hydrogen-bond acceptors (Lipinski definition) is 1. The first kappa shape index (κ1) is 13.8. The number of benzene rings is 1. The molecule has 5 saturated carbocycles. The highest BCUT2D eigenvalue weighted by Gasteiger charge is 2.80. The first-order valence-corrected chi connectivity index (χ1v) is 8.69. The van der Waals surface area contributed by atoms with Crippen molar-refractivity contribution < 1.29 is 4.39 Å². The minimum Gasteiger partial charge on any atom is -0.299 e. The smallest absolute Gasteiger partial charge is 0.123 e. The minimum atomic E-state index is -0.0973. The van der Waals surface area contributed by atoms with Crippen LogP contribution in [0.2, 0.25) is 0 Å². The van der Waals surface area contributed by atoms with E-state index in [0.29, 0.717) is 0 Å². The Morgan fingerprint density at radius 3 is 2.50 bits per heavy atom. The molecule has 6 rings (SSSR count). The SMILES string of the molecule is CN(Cc1cccc(F)c1)[C@H]1[C@H]2[C@H]3C[C@@H]4[C@H]5[C@H]3C[C@H]2[C@@H]5[C@H]41.Cl. The predicted octanol–water partition coefficient (Wildman–Crippen LogP) is 3.83. The molecule has 5 fully saturated rings. The van der Waals surface area contributed by atoms with E-state index in [4.69, 9.17) is 0 Å². The molecule has 5 aliphatic rings. The van der Waals surface area contributed by atoms with Crippen molar-refractivity contribution in [2.75, 3.05) is 7.05 Å². The molecule has 22 heavy (non-hydrogen) atoms. The van der Waals surface area contributed by atoms with E-state index in [1.54, 1.807) is 25.0 Å². The number of nitrogens with zero attached hydrogens (tertiary/aromatic N) is 1. The summed E-state index contributed by atoms with van der Waals surface area (Å²) in [7, 11) is 2.29. The third-order valence-corrected chi connectivity index (χ3v) is 8.11. The summed E-state index contributed by atoms with van der Waals surface area (Å²) in [5, 5.41) is 0. The van der Waals surface area contributed by atoms with E-state index < -0.39 is 0 Å². The monoisotopic (exact) mass is 319 g/mol. The van der Waals surface area contributed by atoms with Crippen LogP contribution >= 0.6 is 12.4 Å². The van der Waals surface area contributed by atoms with Gasteiger partial charge in [-0.05, 0) is 84.9 Å². The minimum absolute atomic E-state index is 0. The molecule has 0 aliphatic heterocycles. The summed E-state index contributed by atoms with van der Waals surface area (Å²) in [4.78, 5) is 2.58. The second-order valence-electron chi connectivity index (χ2n) is 8.47. The van der Waals surface area contributed by atoms with Crippen molar-refractivity contribution in [1.82, 2.24) is 4.90 Å². The average molecular weight is 320 g/mol. The van der Waals surface area contributed by atoms with Crippen LogP contribution in [-0.2, 0) is 6.54 Å². The van der Waals surface area contributed by atoms with Gasteiger partial charge in [0.2, 0.25) is 0 Å². The van der Waals surface area contributed by atoms with Crippen molar-refractivity contribution in [2.24, 2.45) is 47.3 Å². The Kier molecular flexibility index (Phi) is 2.68. The highest BCUT2D eigenvalue weighted by atomic mass is 35.5. The van der Waals surface area contributed by atoms with E-state index in [2.05, 4.69) is 18.0 Å². The number of halogens is 2. The van der Waals surface area contributed by atoms with Gasteiger partial charge in [0.1, 0.15) is 5.82 Å². The maximum atomic E-state index is 13.4. The summed E-state index contributed by atoms with van der Waals surface area (Å²) < 4.78 is 13.4. The Hall–Kier alpha value is -0.600. The lowest BCUT2D eigenvalue weighted by molar-refractivity contribution is -0.0220. The highest BCUT2D eigenvalue weighted by Crippen LogP contribution is 2.83. The van der Waals surface area contributed by atoms with Crippen molar-refractivity contribution in [2.45, 2.75) is 25.4 Å². The number of rotatable bonds is 3. The molecule has 0 saturated heterocycles. The highest BCUT2D eigenvalue weighted by molar-refractivity contribution is 5.85. The maximum absolute atomic E-state index is 13.4. The summed E-state index contributed by atoms with van der Waals surface area (Å²) in [6, 6.07) is 7.98. The molecule has 0 unspecified atom stereocenters. The molecule has 9 atom stereocenters. The molecule has 118 valence electrons. The topological polar surface area (TPSA) is 3.24 Å². The molecule has 0 amide bonds. The van der Waals surface area contributed by atoms with Gasteiger partial charge in [0.25, 0.3) is 0 Å². The van der Waals surface area contributed by atoms with Crippen LogP contribution in [-0.4, -0.2) is 18.0 Å². The first-order valence-electron chi connectivity index (χ1n) is 8.69. The zero-order chi connectivity index (χ0) is 13.9. The van der Waals surface area contributed by atoms with E-state index in [0.717, 1.165) is 65.5 Å². The lowest BCUT2D eigenvalue weighted by Crippen LogP contribution is -2.51. The van der Waals surface area contributed by atoms with E-state index in [1.807, 2.05) is 6.07 Å². The van der Waals surface area contributed by atoms with Gasteiger partial charge in [-0.3, -0.25) is 4.90 Å². The second-order valence-corrected chi connectivity index (χ2v) is 8.47. The largest absolute Gasteiger partial charge is 0.299 e. The molecule has 0 N–H and O–H groups in total. The van der Waals surface area contributed by atoms with Crippen LogP contribution in [0.15, 0.2) is 24.3 Å². The van der Waals surface area contributed by atoms with Crippen LogP contribution in [0.3, 0.4) is 0 Å². The quantitative estimate of drug-likeness (QED) is 0.818. The van der Waals surface area contributed by atoms with Gasteiger partial charge in [-0.1, -0.05) is 12.1 Å². The van der Waals surface area contributed by atoms with Gasteiger partial charge in [-0.15, -0.1) is 12.4 Å². The van der Waals surface area contributed by atoms with Gasteiger partial charge in [-0.25, -0.2) is 4.39 Å². The molecule has 1 aromatic rings. The fourth-order valence-electron chi connectivity index (χ4n) is 8.04. The molecule has 3 heteroatoms. The number of fused-ring (bicyclic) bond motifs is 2. The third-order valence-electron chi connectivity index (χ3n) is 8.11. The first-order chi connectivity index (χ1) is 10.2. The molecule has 1 nitrogen and oxygen atoms in total. The second kappa shape index (κ2) is 4.27. The summed E-state index contributed by atoms with van der Waals surface area (Å²) in [5.74, 6) is 8.39. The van der Waals surface area contributed by atoms with Crippen LogP contribution in [0.1, 0.15) is 18.4 Å². The summed E-state index contributed by atoms with van der Waals surface area (Å²) in [6.45, 7) is 0.920. The van der Waals surface area contributed by atoms with Gasteiger partial charge in [-0.2, -0.15) is 0 Å². The average Bonchev–Trinajstić information content (AvgIpc) is 2.97. The van der Waals surface area contributed by atoms with E-state index >= 15 is 0 Å². The van der Waals surface area contributed by atoms with Crippen molar-refractivity contribution in [3.8, 4) is 0 Å². The zero-order valence-corrected chi connectivity index (χ0v) is 13.7. The Labute approximate surface area is 137 Å². The van der Waals surface area contributed by atoms with Crippen molar-refractivity contribution in [3.05, 3.63) is 35.6 Å². The van der Waals surface area contributed by atoms with E-state index in [-0.39, 0.29) is 18.2 Å². The molecular weight excluding hydrogens is 297 g/mol. The van der Waals surface area contributed by atoms with E-state index in [9.17, 15) is 4.39 Å². The van der Waals surface area contributed by atoms with Gasteiger partial charge in [0, 0.05) is 12.6 Å². The van der Waals surface area contributed by atoms with Gasteiger partial charge < -0.3 is 0 Å². The van der Waals surface area contributed by atoms with Crippen molar-refractivity contribution in [1.29, 1.82) is 0 Å². The lowest BCUT2D eigenvalue weighted by atomic mass is 9.58. The van der Waals surface area contributed by atoms with Crippen LogP contribution in [0, 0.1) is 53.2 Å². The Morgan fingerprint density at radius 1 is 1.00 bits per heavy atom. The Morgan fingerprint density at radius 2 is 1.73 bits per heavy atom.